The number of nitrogens with one attached hydrogen (secondary N) is 1. The molecule has 4 atom stereocenters. The van der Waals surface area contributed by atoms with Gasteiger partial charge in [0.05, 0.1) is 4.90 Å². The fraction of sp³-hybridized carbons (Fsp3) is 0.609. The van der Waals surface area contributed by atoms with E-state index in [4.69, 9.17) is 0 Å². The number of sulfone groups is 1. The van der Waals surface area contributed by atoms with Gasteiger partial charge in [-0.05, 0) is 66.7 Å². The molecule has 0 aromatic heterocycles. The van der Waals surface area contributed by atoms with Crippen LogP contribution in [0.15, 0.2) is 29.2 Å². The Labute approximate surface area is 184 Å². The van der Waals surface area contributed by atoms with Gasteiger partial charge in [-0.3, -0.25) is 19.3 Å². The molecule has 0 radical (unpaired) electrons. The Bertz CT molecular complexity index is 953. The van der Waals surface area contributed by atoms with E-state index in [1.807, 2.05) is 0 Å². The van der Waals surface area contributed by atoms with E-state index < -0.39 is 15.7 Å². The Morgan fingerprint density at radius 2 is 1.81 bits per heavy atom. The van der Waals surface area contributed by atoms with Crippen molar-refractivity contribution >= 4 is 33.7 Å². The highest BCUT2D eigenvalue weighted by Gasteiger charge is 2.64. The summed E-state index contributed by atoms with van der Waals surface area (Å²) in [6.45, 7) is 6.06. The molecule has 0 saturated heterocycles. The number of hydrogen-bond acceptors (Lipinski definition) is 5. The van der Waals surface area contributed by atoms with Gasteiger partial charge in [-0.1, -0.05) is 27.2 Å². The van der Waals surface area contributed by atoms with Crippen LogP contribution in [-0.4, -0.2) is 44.3 Å². The summed E-state index contributed by atoms with van der Waals surface area (Å²) in [5.74, 6) is -0.165. The molecule has 1 N–H and O–H groups in total. The average molecular weight is 449 g/mol. The fourth-order valence-electron chi connectivity index (χ4n) is 5.54. The molecular weight excluding hydrogens is 416 g/mol. The highest BCUT2D eigenvalue weighted by Crippen LogP contribution is 2.69. The lowest BCUT2D eigenvalue weighted by molar-refractivity contribution is -0.146. The Morgan fingerprint density at radius 1 is 1.19 bits per heavy atom. The normalized spacial score (nSPS) is 26.5. The number of benzene rings is 1. The van der Waals surface area contributed by atoms with Gasteiger partial charge in [0.15, 0.2) is 9.84 Å². The molecular formula is C23H32N2O5S. The molecule has 4 unspecified atom stereocenters. The molecule has 2 saturated carbocycles. The van der Waals surface area contributed by atoms with Gasteiger partial charge in [0, 0.05) is 17.9 Å². The van der Waals surface area contributed by atoms with E-state index in [0.717, 1.165) is 36.8 Å². The van der Waals surface area contributed by atoms with Crippen LogP contribution in [0.2, 0.25) is 0 Å². The maximum atomic E-state index is 13.3. The van der Waals surface area contributed by atoms with Crippen molar-refractivity contribution in [2.24, 2.45) is 29.1 Å². The molecule has 0 heterocycles. The first-order valence-corrected chi connectivity index (χ1v) is 12.8. The van der Waals surface area contributed by atoms with Crippen LogP contribution in [0.3, 0.4) is 0 Å². The predicted molar refractivity (Wildman–Crippen MR) is 118 cm³/mol. The molecule has 31 heavy (non-hydrogen) atoms. The third-order valence-electron chi connectivity index (χ3n) is 7.44. The first-order valence-electron chi connectivity index (χ1n) is 10.9. The highest BCUT2D eigenvalue weighted by molar-refractivity contribution is 7.90. The Kier molecular flexibility index (Phi) is 6.60. The van der Waals surface area contributed by atoms with Crippen molar-refractivity contribution in [2.75, 3.05) is 18.1 Å². The zero-order valence-electron chi connectivity index (χ0n) is 18.6. The van der Waals surface area contributed by atoms with E-state index in [1.165, 1.54) is 24.3 Å². The first kappa shape index (κ1) is 23.4. The molecule has 0 aliphatic heterocycles. The monoisotopic (exact) mass is 448 g/mol. The molecule has 8 heteroatoms. The van der Waals surface area contributed by atoms with Gasteiger partial charge in [-0.25, -0.2) is 8.42 Å². The smallest absolute Gasteiger partial charge is 0.244 e. The fourth-order valence-corrected chi connectivity index (χ4v) is 6.17. The maximum absolute atomic E-state index is 13.3. The van der Waals surface area contributed by atoms with Gasteiger partial charge >= 0.3 is 0 Å². The lowest BCUT2D eigenvalue weighted by Crippen LogP contribution is -2.43. The van der Waals surface area contributed by atoms with Gasteiger partial charge in [-0.15, -0.1) is 0 Å². The summed E-state index contributed by atoms with van der Waals surface area (Å²) < 4.78 is 23.1. The van der Waals surface area contributed by atoms with Crippen molar-refractivity contribution in [1.29, 1.82) is 0 Å². The molecule has 7 nitrogen and oxygen atoms in total. The average Bonchev–Trinajstić information content (AvgIpc) is 3.49. The van der Waals surface area contributed by atoms with Crippen molar-refractivity contribution in [1.82, 2.24) is 4.90 Å². The number of hydrogen-bond donors (Lipinski definition) is 1. The van der Waals surface area contributed by atoms with Gasteiger partial charge < -0.3 is 5.32 Å². The minimum absolute atomic E-state index is 0.149. The summed E-state index contributed by atoms with van der Waals surface area (Å²) in [5, 5.41) is 2.63. The first-order chi connectivity index (χ1) is 14.5. The number of amides is 3. The van der Waals surface area contributed by atoms with Crippen LogP contribution in [0.5, 0.6) is 0 Å². The van der Waals surface area contributed by atoms with Crippen LogP contribution in [0, 0.1) is 29.1 Å². The van der Waals surface area contributed by atoms with Crippen LogP contribution in [0.4, 0.5) is 5.69 Å². The minimum Gasteiger partial charge on any atom is -0.325 e. The Morgan fingerprint density at radius 3 is 2.29 bits per heavy atom. The number of rotatable bonds is 8. The lowest BCUT2D eigenvalue weighted by atomic mass is 9.80. The Hall–Kier alpha value is -2.22. The van der Waals surface area contributed by atoms with Crippen LogP contribution in [0.1, 0.15) is 46.5 Å². The maximum Gasteiger partial charge on any atom is 0.244 e. The van der Waals surface area contributed by atoms with E-state index in [2.05, 4.69) is 26.1 Å². The van der Waals surface area contributed by atoms with Crippen molar-refractivity contribution in [3.63, 3.8) is 0 Å². The van der Waals surface area contributed by atoms with E-state index in [9.17, 15) is 22.8 Å². The van der Waals surface area contributed by atoms with Crippen molar-refractivity contribution in [2.45, 2.75) is 51.3 Å². The molecule has 2 aliphatic rings. The highest BCUT2D eigenvalue weighted by atomic mass is 32.2. The molecule has 3 rings (SSSR count). The van der Waals surface area contributed by atoms with E-state index in [1.54, 1.807) is 0 Å². The van der Waals surface area contributed by atoms with Gasteiger partial charge in [0.25, 0.3) is 0 Å². The zero-order chi connectivity index (χ0) is 23.0. The minimum atomic E-state index is -3.33. The van der Waals surface area contributed by atoms with Crippen LogP contribution in [0.25, 0.3) is 0 Å². The van der Waals surface area contributed by atoms with Crippen LogP contribution in [-0.2, 0) is 24.2 Å². The lowest BCUT2D eigenvalue weighted by Gasteiger charge is -2.28. The molecule has 3 amide bonds. The van der Waals surface area contributed by atoms with Crippen molar-refractivity contribution in [3.8, 4) is 0 Å². The van der Waals surface area contributed by atoms with Gasteiger partial charge in [0.2, 0.25) is 18.2 Å². The van der Waals surface area contributed by atoms with Crippen molar-refractivity contribution < 1.29 is 22.8 Å². The number of imide groups is 1. The molecule has 1 spiro atoms. The number of anilines is 1. The van der Waals surface area contributed by atoms with Gasteiger partial charge in [0.1, 0.15) is 6.54 Å². The second kappa shape index (κ2) is 8.73. The Balaban J connectivity index is 1.69. The van der Waals surface area contributed by atoms with Crippen molar-refractivity contribution in [3.05, 3.63) is 24.3 Å². The summed E-state index contributed by atoms with van der Waals surface area (Å²) in [7, 11) is -3.33. The predicted octanol–water partition coefficient (Wildman–Crippen LogP) is 3.11. The quantitative estimate of drug-likeness (QED) is 0.616. The third-order valence-corrected chi connectivity index (χ3v) is 8.57. The molecule has 1 aromatic carbocycles. The molecule has 2 fully saturated rings. The third kappa shape index (κ3) is 4.54. The topological polar surface area (TPSA) is 101 Å². The summed E-state index contributed by atoms with van der Waals surface area (Å²) >= 11 is 0. The SMILES string of the molecule is CCCC1C(C(=O)N(C=O)CC(=O)Nc2ccc(S(C)(=O)=O)cc2)C(C)C(C)C12CC2. The molecule has 2 aliphatic carbocycles. The van der Waals surface area contributed by atoms with Gasteiger partial charge in [-0.2, -0.15) is 0 Å². The summed E-state index contributed by atoms with van der Waals surface area (Å²) in [5.41, 5.74) is 0.618. The molecule has 170 valence electrons. The summed E-state index contributed by atoms with van der Waals surface area (Å²) in [6.07, 6.45) is 5.77. The van der Waals surface area contributed by atoms with E-state index in [-0.39, 0.29) is 40.5 Å². The largest absolute Gasteiger partial charge is 0.325 e. The van der Waals surface area contributed by atoms with Crippen LogP contribution >= 0.6 is 0 Å². The van der Waals surface area contributed by atoms with Crippen LogP contribution < -0.4 is 5.32 Å². The second-order valence-electron chi connectivity index (χ2n) is 9.22. The van der Waals surface area contributed by atoms with E-state index >= 15 is 0 Å². The standard InChI is InChI=1S/C23H32N2O5S/c1-5-6-19-21(15(2)16(3)23(19)11-12-23)22(28)25(14-26)13-20(27)24-17-7-9-18(10-8-17)31(4,29)30/h7-10,14-16,19,21H,5-6,11-13H2,1-4H3,(H,24,27). The molecule has 1 aromatic rings. The summed E-state index contributed by atoms with van der Waals surface area (Å²) in [4.78, 5) is 38.7. The summed E-state index contributed by atoms with van der Waals surface area (Å²) in [6, 6.07) is 5.77. The molecule has 0 bridgehead atoms. The number of carbonyl (C=O) groups is 3. The number of nitrogens with zero attached hydrogens (tertiary/aromatic N) is 1. The number of carbonyl (C=O) groups excluding carboxylic acids is 3. The van der Waals surface area contributed by atoms with E-state index in [0.29, 0.717) is 18.0 Å². The zero-order valence-corrected chi connectivity index (χ0v) is 19.4. The second-order valence-corrected chi connectivity index (χ2v) is 11.2.